The molecule has 1 aromatic rings. The van der Waals surface area contributed by atoms with Crippen molar-refractivity contribution >= 4 is 0 Å². The normalized spacial score (nSPS) is 25.9. The van der Waals surface area contributed by atoms with Gasteiger partial charge in [-0.3, -0.25) is 14.7 Å². The fraction of sp³-hybridized carbons (Fsp3) is 0.842. The standard InChI is InChI=1S/C19H32N4O/c1-15-19(16(2)24-20-15)14-21-12-18(13-21)23-10-8-22(9-11-23)17-6-4-3-5-7-17/h17-18H,3-14H2,1-2H3. The molecule has 0 spiro atoms. The highest BCUT2D eigenvalue weighted by molar-refractivity contribution is 5.21. The molecule has 1 saturated carbocycles. The second kappa shape index (κ2) is 7.14. The molecule has 1 aliphatic carbocycles. The zero-order valence-electron chi connectivity index (χ0n) is 15.3. The number of piperazine rings is 1. The molecule has 1 aromatic heterocycles. The summed E-state index contributed by atoms with van der Waals surface area (Å²) in [4.78, 5) is 8.03. The molecule has 3 aliphatic rings. The smallest absolute Gasteiger partial charge is 0.138 e. The van der Waals surface area contributed by atoms with Gasteiger partial charge in [-0.1, -0.05) is 24.4 Å². The zero-order valence-corrected chi connectivity index (χ0v) is 15.3. The number of likely N-dealkylation sites (tertiary alicyclic amines) is 1. The first-order chi connectivity index (χ1) is 11.7. The molecule has 2 aliphatic heterocycles. The number of aryl methyl sites for hydroxylation is 2. The third kappa shape index (κ3) is 3.39. The Hall–Kier alpha value is -0.910. The van der Waals surface area contributed by atoms with Crippen LogP contribution in [0.25, 0.3) is 0 Å². The summed E-state index contributed by atoms with van der Waals surface area (Å²) in [6.45, 7) is 12.6. The number of aromatic nitrogens is 1. The van der Waals surface area contributed by atoms with Gasteiger partial charge in [0.25, 0.3) is 0 Å². The van der Waals surface area contributed by atoms with Gasteiger partial charge in [-0.05, 0) is 26.7 Å². The molecule has 5 nitrogen and oxygen atoms in total. The van der Waals surface area contributed by atoms with E-state index in [1.54, 1.807) is 0 Å². The van der Waals surface area contributed by atoms with Gasteiger partial charge in [-0.15, -0.1) is 0 Å². The van der Waals surface area contributed by atoms with Crippen LogP contribution >= 0.6 is 0 Å². The maximum atomic E-state index is 5.28. The Kier molecular flexibility index (Phi) is 4.93. The molecule has 0 N–H and O–H groups in total. The van der Waals surface area contributed by atoms with E-state index in [1.807, 2.05) is 13.8 Å². The molecule has 5 heteroatoms. The second-order valence-corrected chi connectivity index (χ2v) is 8.01. The first-order valence-electron chi connectivity index (χ1n) is 9.83. The first kappa shape index (κ1) is 16.6. The SMILES string of the molecule is Cc1noc(C)c1CN1CC(N2CCN(C3CCCCC3)CC2)C1. The van der Waals surface area contributed by atoms with Crippen molar-refractivity contribution in [1.29, 1.82) is 0 Å². The van der Waals surface area contributed by atoms with E-state index in [1.165, 1.54) is 76.9 Å². The van der Waals surface area contributed by atoms with Crippen LogP contribution in [0.15, 0.2) is 4.52 Å². The number of rotatable bonds is 4. The summed E-state index contributed by atoms with van der Waals surface area (Å²) in [5, 5.41) is 4.07. The van der Waals surface area contributed by atoms with Crippen LogP contribution in [-0.2, 0) is 6.54 Å². The third-order valence-corrected chi connectivity index (χ3v) is 6.46. The van der Waals surface area contributed by atoms with E-state index in [0.29, 0.717) is 0 Å². The fourth-order valence-corrected chi connectivity index (χ4v) is 4.77. The summed E-state index contributed by atoms with van der Waals surface area (Å²) in [7, 11) is 0. The minimum absolute atomic E-state index is 0.763. The van der Waals surface area contributed by atoms with Crippen molar-refractivity contribution in [2.24, 2.45) is 0 Å². The highest BCUT2D eigenvalue weighted by Gasteiger charge is 2.35. The van der Waals surface area contributed by atoms with E-state index >= 15 is 0 Å². The molecule has 24 heavy (non-hydrogen) atoms. The summed E-state index contributed by atoms with van der Waals surface area (Å²) in [5.74, 6) is 0.983. The zero-order chi connectivity index (χ0) is 16.5. The van der Waals surface area contributed by atoms with E-state index in [2.05, 4.69) is 19.9 Å². The monoisotopic (exact) mass is 332 g/mol. The summed E-state index contributed by atoms with van der Waals surface area (Å²) < 4.78 is 5.28. The molecule has 0 radical (unpaired) electrons. The van der Waals surface area contributed by atoms with Crippen molar-refractivity contribution in [1.82, 2.24) is 19.9 Å². The summed E-state index contributed by atoms with van der Waals surface area (Å²) in [6.07, 6.45) is 7.23. The minimum atomic E-state index is 0.763. The number of hydrogen-bond donors (Lipinski definition) is 0. The van der Waals surface area contributed by atoms with E-state index in [-0.39, 0.29) is 0 Å². The first-order valence-corrected chi connectivity index (χ1v) is 9.83. The molecule has 0 amide bonds. The summed E-state index contributed by atoms with van der Waals surface area (Å²) in [6, 6.07) is 1.65. The topological polar surface area (TPSA) is 35.8 Å². The van der Waals surface area contributed by atoms with Crippen LogP contribution in [0.5, 0.6) is 0 Å². The maximum Gasteiger partial charge on any atom is 0.138 e. The Morgan fingerprint density at radius 2 is 1.54 bits per heavy atom. The Labute approximate surface area is 145 Å². The van der Waals surface area contributed by atoms with Gasteiger partial charge >= 0.3 is 0 Å². The van der Waals surface area contributed by atoms with Crippen molar-refractivity contribution < 1.29 is 4.52 Å². The fourth-order valence-electron chi connectivity index (χ4n) is 4.77. The van der Waals surface area contributed by atoms with E-state index in [4.69, 9.17) is 4.52 Å². The van der Waals surface area contributed by atoms with Gasteiger partial charge in [0.1, 0.15) is 5.76 Å². The van der Waals surface area contributed by atoms with Crippen LogP contribution in [0, 0.1) is 13.8 Å². The van der Waals surface area contributed by atoms with Gasteiger partial charge in [0.05, 0.1) is 5.69 Å². The van der Waals surface area contributed by atoms with Gasteiger partial charge in [0.15, 0.2) is 0 Å². The predicted molar refractivity (Wildman–Crippen MR) is 95.1 cm³/mol. The molecule has 134 valence electrons. The quantitative estimate of drug-likeness (QED) is 0.846. The van der Waals surface area contributed by atoms with Crippen molar-refractivity contribution in [2.75, 3.05) is 39.3 Å². The lowest BCUT2D eigenvalue weighted by atomic mass is 9.93. The van der Waals surface area contributed by atoms with Gasteiger partial charge in [-0.25, -0.2) is 0 Å². The van der Waals surface area contributed by atoms with Crippen LogP contribution in [0.4, 0.5) is 0 Å². The van der Waals surface area contributed by atoms with E-state index < -0.39 is 0 Å². The molecular formula is C19H32N4O. The van der Waals surface area contributed by atoms with Gasteiger partial charge in [0, 0.05) is 63.5 Å². The summed E-state index contributed by atoms with van der Waals surface area (Å²) in [5.41, 5.74) is 2.34. The molecule has 0 atom stereocenters. The van der Waals surface area contributed by atoms with E-state index in [9.17, 15) is 0 Å². The van der Waals surface area contributed by atoms with Crippen LogP contribution in [0.1, 0.15) is 49.1 Å². The average Bonchev–Trinajstić information content (AvgIpc) is 2.90. The Balaban J connectivity index is 1.21. The second-order valence-electron chi connectivity index (χ2n) is 8.01. The lowest BCUT2D eigenvalue weighted by Crippen LogP contribution is -2.63. The third-order valence-electron chi connectivity index (χ3n) is 6.46. The number of nitrogens with zero attached hydrogens (tertiary/aromatic N) is 4. The maximum absolute atomic E-state index is 5.28. The summed E-state index contributed by atoms with van der Waals surface area (Å²) >= 11 is 0. The van der Waals surface area contributed by atoms with Crippen LogP contribution in [-0.4, -0.2) is 71.2 Å². The minimum Gasteiger partial charge on any atom is -0.361 e. The van der Waals surface area contributed by atoms with Gasteiger partial charge < -0.3 is 4.52 Å². The van der Waals surface area contributed by atoms with Crippen LogP contribution < -0.4 is 0 Å². The molecule has 0 unspecified atom stereocenters. The molecule has 4 rings (SSSR count). The highest BCUT2D eigenvalue weighted by atomic mass is 16.5. The predicted octanol–water partition coefficient (Wildman–Crippen LogP) is 2.43. The molecular weight excluding hydrogens is 300 g/mol. The molecule has 3 fully saturated rings. The van der Waals surface area contributed by atoms with Crippen LogP contribution in [0.2, 0.25) is 0 Å². The largest absolute Gasteiger partial charge is 0.361 e. The van der Waals surface area contributed by atoms with Crippen molar-refractivity contribution in [3.8, 4) is 0 Å². The Morgan fingerprint density at radius 3 is 2.12 bits per heavy atom. The molecule has 3 heterocycles. The van der Waals surface area contributed by atoms with Crippen LogP contribution in [0.3, 0.4) is 0 Å². The highest BCUT2D eigenvalue weighted by Crippen LogP contribution is 2.26. The molecule has 0 aromatic carbocycles. The average molecular weight is 332 g/mol. The van der Waals surface area contributed by atoms with Crippen molar-refractivity contribution in [3.05, 3.63) is 17.0 Å². The van der Waals surface area contributed by atoms with E-state index in [0.717, 1.165) is 30.1 Å². The Morgan fingerprint density at radius 1 is 0.917 bits per heavy atom. The lowest BCUT2D eigenvalue weighted by molar-refractivity contribution is -0.0106. The number of hydrogen-bond acceptors (Lipinski definition) is 5. The molecule has 2 saturated heterocycles. The van der Waals surface area contributed by atoms with Crippen molar-refractivity contribution in [2.45, 2.75) is 64.6 Å². The Bertz CT molecular complexity index is 518. The van der Waals surface area contributed by atoms with Gasteiger partial charge in [-0.2, -0.15) is 0 Å². The van der Waals surface area contributed by atoms with Gasteiger partial charge in [0.2, 0.25) is 0 Å². The van der Waals surface area contributed by atoms with Crippen molar-refractivity contribution in [3.63, 3.8) is 0 Å². The molecule has 0 bridgehead atoms. The lowest BCUT2D eigenvalue weighted by Gasteiger charge is -2.49.